The average molecular weight is 463 g/mol. The highest BCUT2D eigenvalue weighted by atomic mass is 79.9. The number of phenols is 1. The number of nitrogens with one attached hydrogen (secondary N) is 1. The Morgan fingerprint density at radius 2 is 1.87 bits per heavy atom. The maximum absolute atomic E-state index is 12.6. The average Bonchev–Trinajstić information content (AvgIpc) is 3.16. The van der Waals surface area contributed by atoms with E-state index in [1.54, 1.807) is 30.5 Å². The molecule has 6 heteroatoms. The van der Waals surface area contributed by atoms with Crippen LogP contribution in [0.5, 0.6) is 5.75 Å². The zero-order valence-corrected chi connectivity index (χ0v) is 18.0. The first-order valence-corrected chi connectivity index (χ1v) is 10.1. The first-order valence-electron chi connectivity index (χ1n) is 9.34. The monoisotopic (exact) mass is 462 g/mol. The summed E-state index contributed by atoms with van der Waals surface area (Å²) in [6, 6.07) is 18.3. The number of aromatic hydroxyl groups is 1. The first kappa shape index (κ1) is 19.9. The van der Waals surface area contributed by atoms with Gasteiger partial charge in [-0.1, -0.05) is 34.1 Å². The molecule has 4 aromatic rings. The zero-order valence-electron chi connectivity index (χ0n) is 16.4. The van der Waals surface area contributed by atoms with Crippen LogP contribution in [-0.4, -0.2) is 17.2 Å². The molecule has 1 heterocycles. The van der Waals surface area contributed by atoms with Crippen molar-refractivity contribution in [2.24, 2.45) is 4.99 Å². The molecular weight excluding hydrogens is 444 g/mol. The SMILES string of the molecule is Cc1cc(N=Cc2cc(Br)cc(C)c2O)ccc1NC(=O)c1cc2ccccc2o1. The smallest absolute Gasteiger partial charge is 0.291 e. The van der Waals surface area contributed by atoms with Crippen molar-refractivity contribution >= 4 is 50.4 Å². The molecule has 0 radical (unpaired) electrons. The maximum Gasteiger partial charge on any atom is 0.291 e. The Kier molecular flexibility index (Phi) is 5.42. The third kappa shape index (κ3) is 4.14. The number of halogens is 1. The summed E-state index contributed by atoms with van der Waals surface area (Å²) in [5.74, 6) is 0.159. The molecule has 0 aliphatic carbocycles. The van der Waals surface area contributed by atoms with Gasteiger partial charge in [-0.05, 0) is 67.4 Å². The van der Waals surface area contributed by atoms with E-state index >= 15 is 0 Å². The van der Waals surface area contributed by atoms with Crippen molar-refractivity contribution in [1.82, 2.24) is 0 Å². The first-order chi connectivity index (χ1) is 14.4. The Morgan fingerprint density at radius 1 is 1.07 bits per heavy atom. The summed E-state index contributed by atoms with van der Waals surface area (Å²) in [5.41, 5.74) is 4.33. The van der Waals surface area contributed by atoms with E-state index in [9.17, 15) is 9.90 Å². The van der Waals surface area contributed by atoms with Crippen LogP contribution in [0.3, 0.4) is 0 Å². The molecule has 0 fully saturated rings. The van der Waals surface area contributed by atoms with Crippen LogP contribution in [0.25, 0.3) is 11.0 Å². The number of furan rings is 1. The molecule has 150 valence electrons. The van der Waals surface area contributed by atoms with Crippen molar-refractivity contribution in [2.75, 3.05) is 5.32 Å². The second kappa shape index (κ2) is 8.16. The van der Waals surface area contributed by atoms with Crippen molar-refractivity contribution < 1.29 is 14.3 Å². The summed E-state index contributed by atoms with van der Waals surface area (Å²) in [7, 11) is 0. The molecule has 4 rings (SSSR count). The number of carbonyl (C=O) groups excluding carboxylic acids is 1. The van der Waals surface area contributed by atoms with E-state index in [2.05, 4.69) is 26.2 Å². The normalized spacial score (nSPS) is 11.3. The van der Waals surface area contributed by atoms with Gasteiger partial charge in [0.2, 0.25) is 0 Å². The largest absolute Gasteiger partial charge is 0.507 e. The predicted octanol–water partition coefficient (Wildman–Crippen LogP) is 6.52. The van der Waals surface area contributed by atoms with Gasteiger partial charge in [0.25, 0.3) is 5.91 Å². The Bertz CT molecular complexity index is 1260. The van der Waals surface area contributed by atoms with Crippen molar-refractivity contribution in [2.45, 2.75) is 13.8 Å². The number of fused-ring (bicyclic) bond motifs is 1. The van der Waals surface area contributed by atoms with E-state index in [0.717, 1.165) is 21.0 Å². The summed E-state index contributed by atoms with van der Waals surface area (Å²) in [6.07, 6.45) is 1.62. The molecule has 0 aliphatic heterocycles. The summed E-state index contributed by atoms with van der Waals surface area (Å²) >= 11 is 3.43. The van der Waals surface area contributed by atoms with Crippen LogP contribution in [0.2, 0.25) is 0 Å². The minimum absolute atomic E-state index is 0.202. The van der Waals surface area contributed by atoms with Crippen LogP contribution in [0.15, 0.2) is 74.5 Å². The molecule has 0 spiro atoms. The number of hydrogen-bond acceptors (Lipinski definition) is 4. The van der Waals surface area contributed by atoms with Gasteiger partial charge in [0.15, 0.2) is 5.76 Å². The second-order valence-electron chi connectivity index (χ2n) is 7.02. The molecule has 1 aromatic heterocycles. The number of aryl methyl sites for hydroxylation is 2. The molecule has 3 aromatic carbocycles. The number of benzene rings is 3. The number of amides is 1. The lowest BCUT2D eigenvalue weighted by Crippen LogP contribution is -2.11. The summed E-state index contributed by atoms with van der Waals surface area (Å²) in [5, 5.41) is 14.0. The lowest BCUT2D eigenvalue weighted by atomic mass is 10.1. The molecule has 0 saturated carbocycles. The number of hydrogen-bond donors (Lipinski definition) is 2. The van der Waals surface area contributed by atoms with Crippen molar-refractivity contribution in [3.63, 3.8) is 0 Å². The Morgan fingerprint density at radius 3 is 2.63 bits per heavy atom. The highest BCUT2D eigenvalue weighted by Gasteiger charge is 2.13. The van der Waals surface area contributed by atoms with Crippen molar-refractivity contribution in [3.8, 4) is 5.75 Å². The lowest BCUT2D eigenvalue weighted by molar-refractivity contribution is 0.0998. The molecule has 0 aliphatic rings. The number of aliphatic imine (C=N–C) groups is 1. The van der Waals surface area contributed by atoms with Crippen molar-refractivity contribution in [3.05, 3.63) is 87.6 Å². The van der Waals surface area contributed by atoms with E-state index in [1.165, 1.54) is 0 Å². The van der Waals surface area contributed by atoms with Gasteiger partial charge in [-0.25, -0.2) is 0 Å². The van der Waals surface area contributed by atoms with Crippen LogP contribution < -0.4 is 5.32 Å². The molecular formula is C24H19BrN2O3. The number of phenolic OH excluding ortho intramolecular Hbond substituents is 1. The number of carbonyl (C=O) groups is 1. The minimum Gasteiger partial charge on any atom is -0.507 e. The van der Waals surface area contributed by atoms with Crippen LogP contribution in [-0.2, 0) is 0 Å². The number of nitrogens with zero attached hydrogens (tertiary/aromatic N) is 1. The summed E-state index contributed by atoms with van der Waals surface area (Å²) in [6.45, 7) is 3.73. The molecule has 30 heavy (non-hydrogen) atoms. The maximum atomic E-state index is 12.6. The van der Waals surface area contributed by atoms with Crippen LogP contribution in [0, 0.1) is 13.8 Å². The Labute approximate surface area is 182 Å². The molecule has 0 bridgehead atoms. The zero-order chi connectivity index (χ0) is 21.3. The molecule has 0 unspecified atom stereocenters. The number of para-hydroxylation sites is 1. The second-order valence-corrected chi connectivity index (χ2v) is 7.94. The van der Waals surface area contributed by atoms with Gasteiger partial charge in [-0.2, -0.15) is 0 Å². The lowest BCUT2D eigenvalue weighted by Gasteiger charge is -2.08. The van der Waals surface area contributed by atoms with Crippen molar-refractivity contribution in [1.29, 1.82) is 0 Å². The molecule has 0 atom stereocenters. The van der Waals surface area contributed by atoms with Gasteiger partial charge < -0.3 is 14.8 Å². The van der Waals surface area contributed by atoms with E-state index in [4.69, 9.17) is 4.42 Å². The van der Waals surface area contributed by atoms with Gasteiger partial charge in [-0.15, -0.1) is 0 Å². The van der Waals surface area contributed by atoms with Gasteiger partial charge in [0.05, 0.1) is 5.69 Å². The van der Waals surface area contributed by atoms with Gasteiger partial charge in [0, 0.05) is 27.3 Å². The van der Waals surface area contributed by atoms with Gasteiger partial charge >= 0.3 is 0 Å². The predicted molar refractivity (Wildman–Crippen MR) is 123 cm³/mol. The van der Waals surface area contributed by atoms with E-state index < -0.39 is 0 Å². The molecule has 2 N–H and O–H groups in total. The molecule has 0 saturated heterocycles. The fourth-order valence-electron chi connectivity index (χ4n) is 3.15. The van der Waals surface area contributed by atoms with Crippen LogP contribution in [0.1, 0.15) is 27.2 Å². The van der Waals surface area contributed by atoms with Crippen LogP contribution in [0.4, 0.5) is 11.4 Å². The van der Waals surface area contributed by atoms with E-state index in [0.29, 0.717) is 22.5 Å². The molecule has 5 nitrogen and oxygen atoms in total. The third-order valence-electron chi connectivity index (χ3n) is 4.75. The van der Waals surface area contributed by atoms with E-state index in [-0.39, 0.29) is 17.4 Å². The number of anilines is 1. The number of rotatable bonds is 4. The highest BCUT2D eigenvalue weighted by Crippen LogP contribution is 2.27. The Balaban J connectivity index is 1.52. The third-order valence-corrected chi connectivity index (χ3v) is 5.21. The summed E-state index contributed by atoms with van der Waals surface area (Å²) < 4.78 is 6.49. The van der Waals surface area contributed by atoms with E-state index in [1.807, 2.05) is 50.2 Å². The van der Waals surface area contributed by atoms with Gasteiger partial charge in [0.1, 0.15) is 11.3 Å². The summed E-state index contributed by atoms with van der Waals surface area (Å²) in [4.78, 5) is 17.0. The Hall–Kier alpha value is -3.38. The minimum atomic E-state index is -0.305. The van der Waals surface area contributed by atoms with Gasteiger partial charge in [-0.3, -0.25) is 9.79 Å². The quantitative estimate of drug-likeness (QED) is 0.339. The highest BCUT2D eigenvalue weighted by molar-refractivity contribution is 9.10. The topological polar surface area (TPSA) is 74.8 Å². The fourth-order valence-corrected chi connectivity index (χ4v) is 3.74. The van der Waals surface area contributed by atoms with Crippen LogP contribution >= 0.6 is 15.9 Å². The standard InChI is InChI=1S/C24H19BrN2O3/c1-14-10-19(26-13-17-11-18(25)9-15(2)23(17)28)7-8-20(14)27-24(29)22-12-16-5-3-4-6-21(16)30-22/h3-13,28H,1-2H3,(H,27,29). The fraction of sp³-hybridized carbons (Fsp3) is 0.0833. The molecule has 1 amide bonds.